The number of hydrogen-bond donors (Lipinski definition) is 5. The molecule has 218 valence electrons. The van der Waals surface area contributed by atoms with Gasteiger partial charge in [-0.2, -0.15) is 0 Å². The summed E-state index contributed by atoms with van der Waals surface area (Å²) in [5, 5.41) is 55.0. The predicted molar refractivity (Wildman–Crippen MR) is 135 cm³/mol. The van der Waals surface area contributed by atoms with Gasteiger partial charge in [0.25, 0.3) is 0 Å². The van der Waals surface area contributed by atoms with Crippen molar-refractivity contribution in [1.82, 2.24) is 0 Å². The third-order valence-electron chi connectivity index (χ3n) is 12.0. The summed E-state index contributed by atoms with van der Waals surface area (Å²) in [6.45, 7) is 3.98. The third-order valence-corrected chi connectivity index (χ3v) is 12.0. The van der Waals surface area contributed by atoms with E-state index in [0.717, 1.165) is 18.3 Å². The Morgan fingerprint density at radius 2 is 1.72 bits per heavy atom. The molecule has 0 unspecified atom stereocenters. The number of rotatable bonds is 4. The largest absolute Gasteiger partial charge is 0.458 e. The van der Waals surface area contributed by atoms with Gasteiger partial charge in [0, 0.05) is 17.9 Å². The van der Waals surface area contributed by atoms with Gasteiger partial charge in [0.1, 0.15) is 31.2 Å². The number of cyclic esters (lactones) is 1. The van der Waals surface area contributed by atoms with Gasteiger partial charge < -0.3 is 44.5 Å². The summed E-state index contributed by atoms with van der Waals surface area (Å²) < 4.78 is 16.9. The Kier molecular flexibility index (Phi) is 6.62. The van der Waals surface area contributed by atoms with Gasteiger partial charge in [-0.05, 0) is 81.6 Å². The van der Waals surface area contributed by atoms with Crippen LogP contribution in [-0.2, 0) is 23.8 Å². The second kappa shape index (κ2) is 9.31. The Hall–Kier alpha value is -1.40. The van der Waals surface area contributed by atoms with Crippen LogP contribution in [0.4, 0.5) is 0 Å². The van der Waals surface area contributed by atoms with E-state index in [0.29, 0.717) is 44.9 Å². The van der Waals surface area contributed by atoms with Crippen LogP contribution in [0.1, 0.15) is 71.6 Å². The van der Waals surface area contributed by atoms with E-state index in [-0.39, 0.29) is 36.8 Å². The molecule has 0 aromatic carbocycles. The normalized spacial score (nSPS) is 55.2. The molecule has 2 aliphatic heterocycles. The average Bonchev–Trinajstić information content (AvgIpc) is 3.45. The summed E-state index contributed by atoms with van der Waals surface area (Å²) in [5.74, 6) is -0.616. The molecule has 4 saturated carbocycles. The number of carbonyl (C=O) groups excluding carboxylic acids is 2. The molecule has 4 aliphatic carbocycles. The van der Waals surface area contributed by atoms with E-state index >= 15 is 0 Å². The highest BCUT2D eigenvalue weighted by atomic mass is 16.7. The molecule has 10 heteroatoms. The van der Waals surface area contributed by atoms with Gasteiger partial charge in [-0.15, -0.1) is 0 Å². The lowest BCUT2D eigenvalue weighted by molar-refractivity contribution is -0.317. The molecule has 5 fully saturated rings. The summed E-state index contributed by atoms with van der Waals surface area (Å²) >= 11 is 0. The molecule has 13 atom stereocenters. The van der Waals surface area contributed by atoms with Crippen LogP contribution in [0.2, 0.25) is 0 Å². The van der Waals surface area contributed by atoms with Crippen molar-refractivity contribution in [1.29, 1.82) is 0 Å². The van der Waals surface area contributed by atoms with E-state index in [4.69, 9.17) is 14.2 Å². The van der Waals surface area contributed by atoms with Crippen molar-refractivity contribution in [2.24, 2.45) is 28.6 Å². The van der Waals surface area contributed by atoms with Gasteiger partial charge >= 0.3 is 5.97 Å². The van der Waals surface area contributed by atoms with Crippen LogP contribution in [0.25, 0.3) is 0 Å². The topological polar surface area (TPSA) is 163 Å². The van der Waals surface area contributed by atoms with Crippen LogP contribution in [0.5, 0.6) is 0 Å². The lowest BCUT2D eigenvalue weighted by atomic mass is 9.41. The average molecular weight is 551 g/mol. The number of aliphatic hydroxyl groups is 5. The summed E-state index contributed by atoms with van der Waals surface area (Å²) in [6, 6.07) is 0. The van der Waals surface area contributed by atoms with Gasteiger partial charge in [-0.1, -0.05) is 6.92 Å². The molecular formula is C29H42O10. The SMILES string of the molecule is C[C@H]1O[C@@H](O[C@H]2CC[C@]3(C=O)[C@@H]4CC[C@]5(C)[C@H](C6=CC(=O)OC6)CC[C@]5(O)[C@H]4CC[C@@]3(O)C2)[C@H](O)[C@@H](O)[C@H]1O. The number of ether oxygens (including phenoxy) is 3. The lowest BCUT2D eigenvalue weighted by Crippen LogP contribution is -2.69. The number of fused-ring (bicyclic) bond motifs is 5. The second-order valence-electron chi connectivity index (χ2n) is 13.4. The molecular weight excluding hydrogens is 508 g/mol. The second-order valence-corrected chi connectivity index (χ2v) is 13.4. The number of esters is 1. The van der Waals surface area contributed by atoms with E-state index in [9.17, 15) is 35.1 Å². The van der Waals surface area contributed by atoms with E-state index < -0.39 is 58.8 Å². The fourth-order valence-electron chi connectivity index (χ4n) is 9.75. The van der Waals surface area contributed by atoms with E-state index in [1.807, 2.05) is 0 Å². The Morgan fingerprint density at radius 1 is 0.974 bits per heavy atom. The molecule has 6 aliphatic rings. The molecule has 10 nitrogen and oxygen atoms in total. The monoisotopic (exact) mass is 550 g/mol. The standard InChI is InChI=1S/C29H42O10/c1-15-22(32)23(33)24(34)25(38-15)39-17-3-8-27(14-30)19-4-7-26(2)18(16-11-21(31)37-13-16)6-10-29(26,36)20(19)5-9-28(27,35)12-17/h11,14-15,17-20,22-25,32-36H,3-10,12-13H2,1-2H3/t15-,17+,18+,19-,20+,22+,23+,24-,25+,26-,27+,28-,29+/m1/s1. The summed E-state index contributed by atoms with van der Waals surface area (Å²) in [6.07, 6.45) is 0.689. The molecule has 0 aromatic heterocycles. The Morgan fingerprint density at radius 3 is 2.41 bits per heavy atom. The fourth-order valence-corrected chi connectivity index (χ4v) is 9.75. The molecule has 5 N–H and O–H groups in total. The van der Waals surface area contributed by atoms with Crippen molar-refractivity contribution >= 4 is 12.3 Å². The molecule has 0 bridgehead atoms. The molecule has 0 spiro atoms. The van der Waals surface area contributed by atoms with Gasteiger partial charge in [0.15, 0.2) is 6.29 Å². The smallest absolute Gasteiger partial charge is 0.331 e. The third kappa shape index (κ3) is 3.78. The van der Waals surface area contributed by atoms with Crippen molar-refractivity contribution in [3.05, 3.63) is 11.6 Å². The number of carbonyl (C=O) groups is 2. The lowest BCUT2D eigenvalue weighted by Gasteiger charge is -2.65. The van der Waals surface area contributed by atoms with Crippen molar-refractivity contribution in [3.63, 3.8) is 0 Å². The molecule has 0 amide bonds. The van der Waals surface area contributed by atoms with Gasteiger partial charge in [-0.25, -0.2) is 4.79 Å². The van der Waals surface area contributed by atoms with E-state index in [1.54, 1.807) is 13.0 Å². The predicted octanol–water partition coefficient (Wildman–Crippen LogP) is 0.750. The first-order chi connectivity index (χ1) is 18.4. The first-order valence-corrected chi connectivity index (χ1v) is 14.5. The van der Waals surface area contributed by atoms with Gasteiger partial charge in [0.05, 0.1) is 28.8 Å². The maximum absolute atomic E-state index is 13.0. The van der Waals surface area contributed by atoms with Crippen molar-refractivity contribution in [3.8, 4) is 0 Å². The quantitative estimate of drug-likeness (QED) is 0.192. The van der Waals surface area contributed by atoms with Crippen LogP contribution in [0, 0.1) is 28.6 Å². The molecule has 39 heavy (non-hydrogen) atoms. The van der Waals surface area contributed by atoms with E-state index in [1.165, 1.54) is 0 Å². The van der Waals surface area contributed by atoms with Crippen LogP contribution in [0.3, 0.4) is 0 Å². The highest BCUT2D eigenvalue weighted by Gasteiger charge is 2.71. The highest BCUT2D eigenvalue weighted by molar-refractivity contribution is 5.85. The zero-order chi connectivity index (χ0) is 28.0. The van der Waals surface area contributed by atoms with Crippen LogP contribution in [0.15, 0.2) is 11.6 Å². The molecule has 0 radical (unpaired) electrons. The van der Waals surface area contributed by atoms with Crippen LogP contribution >= 0.6 is 0 Å². The first kappa shape index (κ1) is 27.8. The van der Waals surface area contributed by atoms with Crippen molar-refractivity contribution in [2.75, 3.05) is 6.61 Å². The number of aldehydes is 1. The zero-order valence-corrected chi connectivity index (χ0v) is 22.7. The van der Waals surface area contributed by atoms with Gasteiger partial charge in [0.2, 0.25) is 0 Å². The minimum Gasteiger partial charge on any atom is -0.458 e. The minimum absolute atomic E-state index is 0.0465. The molecule has 1 saturated heterocycles. The maximum atomic E-state index is 13.0. The molecule has 2 heterocycles. The Balaban J connectivity index is 1.22. The van der Waals surface area contributed by atoms with Gasteiger partial charge in [-0.3, -0.25) is 0 Å². The Bertz CT molecular complexity index is 1050. The molecule has 0 aromatic rings. The van der Waals surface area contributed by atoms with Crippen LogP contribution in [-0.4, -0.2) is 92.4 Å². The summed E-state index contributed by atoms with van der Waals surface area (Å²) in [4.78, 5) is 24.8. The zero-order valence-electron chi connectivity index (χ0n) is 22.7. The van der Waals surface area contributed by atoms with Crippen molar-refractivity contribution in [2.45, 2.75) is 120 Å². The summed E-state index contributed by atoms with van der Waals surface area (Å²) in [5.41, 5.74) is -2.86. The maximum Gasteiger partial charge on any atom is 0.331 e. The first-order valence-electron chi connectivity index (χ1n) is 14.5. The molecule has 6 rings (SSSR count). The number of hydrogen-bond acceptors (Lipinski definition) is 10. The highest BCUT2D eigenvalue weighted by Crippen LogP contribution is 2.70. The van der Waals surface area contributed by atoms with Crippen LogP contribution < -0.4 is 0 Å². The van der Waals surface area contributed by atoms with E-state index in [2.05, 4.69) is 6.92 Å². The minimum atomic E-state index is -1.43. The fraction of sp³-hybridized carbons (Fsp3) is 0.862. The summed E-state index contributed by atoms with van der Waals surface area (Å²) in [7, 11) is 0. The van der Waals surface area contributed by atoms with Crippen molar-refractivity contribution < 1.29 is 49.3 Å². The Labute approximate surface area is 228 Å². The number of aliphatic hydroxyl groups excluding tert-OH is 3.